The fourth-order valence-corrected chi connectivity index (χ4v) is 2.07. The molecule has 0 saturated heterocycles. The Kier molecular flexibility index (Phi) is 9.79. The Morgan fingerprint density at radius 3 is 2.83 bits per heavy atom. The zero-order chi connectivity index (χ0) is 16.9. The molecule has 1 aromatic rings. The second-order valence-electron chi connectivity index (χ2n) is 5.14. The Hall–Kier alpha value is -1.82. The third-order valence-corrected chi connectivity index (χ3v) is 3.26. The average molecular weight is 324 g/mol. The van der Waals surface area contributed by atoms with E-state index in [2.05, 4.69) is 15.6 Å². The topological polar surface area (TPSA) is 48.9 Å². The van der Waals surface area contributed by atoms with E-state index in [1.807, 2.05) is 31.9 Å². The summed E-state index contributed by atoms with van der Waals surface area (Å²) in [5.74, 6) is 0.598. The number of benzene rings is 1. The van der Waals surface area contributed by atoms with Crippen molar-refractivity contribution in [2.24, 2.45) is 4.99 Å². The zero-order valence-corrected chi connectivity index (χ0v) is 14.4. The number of anilines is 1. The maximum atomic E-state index is 13.2. The van der Waals surface area contributed by atoms with E-state index < -0.39 is 0 Å². The maximum Gasteiger partial charge on any atom is 0.191 e. The van der Waals surface area contributed by atoms with Crippen molar-refractivity contribution in [2.75, 3.05) is 51.3 Å². The van der Waals surface area contributed by atoms with Crippen molar-refractivity contribution in [3.8, 4) is 0 Å². The lowest BCUT2D eigenvalue weighted by atomic mass is 10.2. The van der Waals surface area contributed by atoms with Crippen LogP contribution in [0.4, 0.5) is 10.1 Å². The summed E-state index contributed by atoms with van der Waals surface area (Å²) in [5.41, 5.74) is 0.885. The van der Waals surface area contributed by atoms with Crippen LogP contribution in [0.2, 0.25) is 0 Å². The molecule has 0 aliphatic heterocycles. The van der Waals surface area contributed by atoms with Gasteiger partial charge in [0, 0.05) is 45.5 Å². The summed E-state index contributed by atoms with van der Waals surface area (Å²) in [6.45, 7) is 8.51. The number of nitrogens with zero attached hydrogens (tertiary/aromatic N) is 2. The molecule has 5 nitrogen and oxygen atoms in total. The molecule has 0 unspecified atom stereocenters. The number of rotatable bonds is 10. The second-order valence-corrected chi connectivity index (χ2v) is 5.14. The summed E-state index contributed by atoms with van der Waals surface area (Å²) in [4.78, 5) is 6.57. The molecule has 0 heterocycles. The second kappa shape index (κ2) is 11.7. The summed E-state index contributed by atoms with van der Waals surface area (Å²) in [6.07, 6.45) is 0.898. The average Bonchev–Trinajstić information content (AvgIpc) is 2.55. The molecule has 130 valence electrons. The summed E-state index contributed by atoms with van der Waals surface area (Å²) in [7, 11) is 1.96. The van der Waals surface area contributed by atoms with Crippen LogP contribution in [-0.4, -0.2) is 52.4 Å². The van der Waals surface area contributed by atoms with Crippen LogP contribution in [0.5, 0.6) is 0 Å². The standard InChI is InChI=1S/C17H29FN4O/c1-4-19-17(21-11-13-23-5-2)20-10-7-12-22(3)16-9-6-8-15(18)14-16/h6,8-9,14H,4-5,7,10-13H2,1-3H3,(H2,19,20,21). The van der Waals surface area contributed by atoms with Crippen LogP contribution in [-0.2, 0) is 4.74 Å². The molecule has 0 saturated carbocycles. The normalized spacial score (nSPS) is 11.4. The van der Waals surface area contributed by atoms with Crippen molar-refractivity contribution in [3.05, 3.63) is 30.1 Å². The highest BCUT2D eigenvalue weighted by Gasteiger charge is 2.02. The van der Waals surface area contributed by atoms with Crippen molar-refractivity contribution in [3.63, 3.8) is 0 Å². The molecule has 0 atom stereocenters. The van der Waals surface area contributed by atoms with E-state index in [1.54, 1.807) is 12.1 Å². The van der Waals surface area contributed by atoms with Crippen molar-refractivity contribution in [1.82, 2.24) is 10.6 Å². The molecule has 23 heavy (non-hydrogen) atoms. The molecule has 0 spiro atoms. The quantitative estimate of drug-likeness (QED) is 0.394. The number of aliphatic imine (C=N–C) groups is 1. The third-order valence-electron chi connectivity index (χ3n) is 3.26. The van der Waals surface area contributed by atoms with Crippen molar-refractivity contribution in [2.45, 2.75) is 20.3 Å². The van der Waals surface area contributed by atoms with Crippen molar-refractivity contribution in [1.29, 1.82) is 0 Å². The first-order valence-corrected chi connectivity index (χ1v) is 8.24. The first-order valence-electron chi connectivity index (χ1n) is 8.24. The first-order chi connectivity index (χ1) is 11.2. The van der Waals surface area contributed by atoms with Gasteiger partial charge in [-0.15, -0.1) is 0 Å². The van der Waals surface area contributed by atoms with Crippen LogP contribution in [0.15, 0.2) is 29.3 Å². The number of ether oxygens (including phenoxy) is 1. The van der Waals surface area contributed by atoms with Gasteiger partial charge >= 0.3 is 0 Å². The molecule has 1 rings (SSSR count). The Labute approximate surface area is 138 Å². The molecule has 2 N–H and O–H groups in total. The monoisotopic (exact) mass is 324 g/mol. The van der Waals surface area contributed by atoms with Crippen LogP contribution in [0.3, 0.4) is 0 Å². The maximum absolute atomic E-state index is 13.2. The van der Waals surface area contributed by atoms with Gasteiger partial charge in [0.05, 0.1) is 6.61 Å². The number of halogens is 1. The smallest absolute Gasteiger partial charge is 0.191 e. The summed E-state index contributed by atoms with van der Waals surface area (Å²) < 4.78 is 18.5. The molecule has 0 aliphatic carbocycles. The van der Waals surface area contributed by atoms with Gasteiger partial charge in [-0.05, 0) is 38.5 Å². The summed E-state index contributed by atoms with van der Waals surface area (Å²) in [6, 6.07) is 6.64. The molecule has 1 aromatic carbocycles. The van der Waals surface area contributed by atoms with Crippen LogP contribution < -0.4 is 15.5 Å². The fourth-order valence-electron chi connectivity index (χ4n) is 2.07. The van der Waals surface area contributed by atoms with Crippen LogP contribution in [0.25, 0.3) is 0 Å². The first kappa shape index (κ1) is 19.2. The van der Waals surface area contributed by atoms with E-state index in [0.29, 0.717) is 13.2 Å². The van der Waals surface area contributed by atoms with Crippen LogP contribution >= 0.6 is 0 Å². The highest BCUT2D eigenvalue weighted by molar-refractivity contribution is 5.79. The summed E-state index contributed by atoms with van der Waals surface area (Å²) in [5, 5.41) is 6.44. The molecule has 0 aromatic heterocycles. The molecule has 0 amide bonds. The Morgan fingerprint density at radius 2 is 2.13 bits per heavy atom. The molecule has 0 aliphatic rings. The van der Waals surface area contributed by atoms with Crippen molar-refractivity contribution >= 4 is 11.6 Å². The van der Waals surface area contributed by atoms with E-state index in [0.717, 1.165) is 44.3 Å². The van der Waals surface area contributed by atoms with E-state index in [4.69, 9.17) is 4.74 Å². The SMILES string of the molecule is CCNC(=NCCCN(C)c1cccc(F)c1)NCCOCC. The predicted octanol–water partition coefficient (Wildman–Crippen LogP) is 2.24. The van der Waals surface area contributed by atoms with Gasteiger partial charge in [0.2, 0.25) is 0 Å². The van der Waals surface area contributed by atoms with E-state index in [1.165, 1.54) is 6.07 Å². The number of hydrogen-bond donors (Lipinski definition) is 2. The highest BCUT2D eigenvalue weighted by atomic mass is 19.1. The molecule has 0 radical (unpaired) electrons. The molecule has 0 bridgehead atoms. The van der Waals surface area contributed by atoms with E-state index >= 15 is 0 Å². The Bertz CT molecular complexity index is 468. The fraction of sp³-hybridized carbons (Fsp3) is 0.588. The summed E-state index contributed by atoms with van der Waals surface area (Å²) >= 11 is 0. The number of hydrogen-bond acceptors (Lipinski definition) is 3. The van der Waals surface area contributed by atoms with E-state index in [-0.39, 0.29) is 5.82 Å². The molecular weight excluding hydrogens is 295 g/mol. The van der Waals surface area contributed by atoms with Gasteiger partial charge in [0.25, 0.3) is 0 Å². The lowest BCUT2D eigenvalue weighted by Crippen LogP contribution is -2.39. The largest absolute Gasteiger partial charge is 0.380 e. The van der Waals surface area contributed by atoms with Crippen LogP contribution in [0.1, 0.15) is 20.3 Å². The lowest BCUT2D eigenvalue weighted by Gasteiger charge is -2.19. The van der Waals surface area contributed by atoms with Crippen molar-refractivity contribution < 1.29 is 9.13 Å². The molecule has 0 fully saturated rings. The van der Waals surface area contributed by atoms with Gasteiger partial charge in [-0.3, -0.25) is 4.99 Å². The zero-order valence-electron chi connectivity index (χ0n) is 14.4. The minimum Gasteiger partial charge on any atom is -0.380 e. The van der Waals surface area contributed by atoms with Gasteiger partial charge in [0.1, 0.15) is 5.82 Å². The lowest BCUT2D eigenvalue weighted by molar-refractivity contribution is 0.152. The Morgan fingerprint density at radius 1 is 1.30 bits per heavy atom. The third kappa shape index (κ3) is 8.40. The van der Waals surface area contributed by atoms with Gasteiger partial charge < -0.3 is 20.3 Å². The van der Waals surface area contributed by atoms with Gasteiger partial charge in [0.15, 0.2) is 5.96 Å². The van der Waals surface area contributed by atoms with Crippen LogP contribution in [0, 0.1) is 5.82 Å². The minimum absolute atomic E-state index is 0.208. The molecule has 6 heteroatoms. The minimum atomic E-state index is -0.208. The number of nitrogens with one attached hydrogen (secondary N) is 2. The van der Waals surface area contributed by atoms with Gasteiger partial charge in [-0.25, -0.2) is 4.39 Å². The van der Waals surface area contributed by atoms with Gasteiger partial charge in [-0.2, -0.15) is 0 Å². The number of guanidine groups is 1. The Balaban J connectivity index is 2.33. The van der Waals surface area contributed by atoms with E-state index in [9.17, 15) is 4.39 Å². The highest BCUT2D eigenvalue weighted by Crippen LogP contribution is 2.13. The van der Waals surface area contributed by atoms with Gasteiger partial charge in [-0.1, -0.05) is 6.07 Å². The predicted molar refractivity (Wildman–Crippen MR) is 94.8 cm³/mol. The molecular formula is C17H29FN4O.